The number of nitrogens with zero attached hydrogens (tertiary/aromatic N) is 2. The molecule has 4 rings (SSSR count). The molecule has 1 aromatic heterocycles. The molecule has 1 spiro atoms. The van der Waals surface area contributed by atoms with Crippen molar-refractivity contribution in [2.75, 3.05) is 40.3 Å². The molecular weight excluding hydrogens is 286 g/mol. The van der Waals surface area contributed by atoms with Crippen LogP contribution in [-0.4, -0.2) is 60.7 Å². The quantitative estimate of drug-likeness (QED) is 0.942. The van der Waals surface area contributed by atoms with E-state index in [0.717, 1.165) is 32.8 Å². The summed E-state index contributed by atoms with van der Waals surface area (Å²) in [5, 5.41) is 1.35. The van der Waals surface area contributed by atoms with Crippen LogP contribution in [0.4, 0.5) is 0 Å². The zero-order chi connectivity index (χ0) is 15.9. The summed E-state index contributed by atoms with van der Waals surface area (Å²) in [6.45, 7) is 5.28. The molecule has 0 radical (unpaired) electrons. The number of aromatic amines is 1. The highest BCUT2D eigenvalue weighted by Crippen LogP contribution is 2.37. The van der Waals surface area contributed by atoms with Gasteiger partial charge in [-0.25, -0.2) is 0 Å². The van der Waals surface area contributed by atoms with Gasteiger partial charge >= 0.3 is 0 Å². The molecule has 0 saturated carbocycles. The van der Waals surface area contributed by atoms with Crippen LogP contribution in [0.15, 0.2) is 30.5 Å². The third kappa shape index (κ3) is 3.03. The van der Waals surface area contributed by atoms with E-state index in [2.05, 4.69) is 53.1 Å². The summed E-state index contributed by atoms with van der Waals surface area (Å²) in [4.78, 5) is 8.10. The predicted octanol–water partition coefficient (Wildman–Crippen LogP) is 2.71. The number of likely N-dealkylation sites (tertiary alicyclic amines) is 1. The van der Waals surface area contributed by atoms with Gasteiger partial charge in [-0.15, -0.1) is 0 Å². The fraction of sp³-hybridized carbons (Fsp3) is 0.579. The Bertz CT molecular complexity index is 662. The number of H-pyrrole nitrogens is 1. The fourth-order valence-electron chi connectivity index (χ4n) is 4.24. The molecule has 4 nitrogen and oxygen atoms in total. The second-order valence-electron chi connectivity index (χ2n) is 7.66. The van der Waals surface area contributed by atoms with Crippen molar-refractivity contribution >= 4 is 10.9 Å². The summed E-state index contributed by atoms with van der Waals surface area (Å²) < 4.78 is 6.28. The van der Waals surface area contributed by atoms with Gasteiger partial charge in [-0.2, -0.15) is 0 Å². The Labute approximate surface area is 138 Å². The van der Waals surface area contributed by atoms with Gasteiger partial charge < -0.3 is 14.6 Å². The summed E-state index contributed by atoms with van der Waals surface area (Å²) >= 11 is 0. The summed E-state index contributed by atoms with van der Waals surface area (Å²) in [5.41, 5.74) is 2.80. The Kier molecular flexibility index (Phi) is 3.92. The van der Waals surface area contributed by atoms with Crippen LogP contribution in [0.25, 0.3) is 10.9 Å². The third-order valence-electron chi connectivity index (χ3n) is 5.36. The number of aromatic nitrogens is 1. The average molecular weight is 313 g/mol. The number of rotatable bonds is 4. The molecule has 2 aliphatic heterocycles. The molecule has 124 valence electrons. The molecule has 2 saturated heterocycles. The zero-order valence-corrected chi connectivity index (χ0v) is 14.2. The van der Waals surface area contributed by atoms with Gasteiger partial charge in [-0.3, -0.25) is 4.90 Å². The molecule has 0 amide bonds. The van der Waals surface area contributed by atoms with Crippen LogP contribution in [0, 0.1) is 5.92 Å². The SMILES string of the molecule is CN(C)C[C@@H]1CCC2(CN(Cc3cccc4[nH]ccc34)C2)OC1. The molecule has 23 heavy (non-hydrogen) atoms. The number of hydrogen-bond donors (Lipinski definition) is 1. The second kappa shape index (κ2) is 5.93. The Morgan fingerprint density at radius 2 is 2.17 bits per heavy atom. The minimum atomic E-state index is 0.148. The van der Waals surface area contributed by atoms with Gasteiger partial charge in [0.1, 0.15) is 0 Å². The lowest BCUT2D eigenvalue weighted by atomic mass is 9.82. The van der Waals surface area contributed by atoms with Gasteiger partial charge in [0, 0.05) is 43.3 Å². The largest absolute Gasteiger partial charge is 0.372 e. The third-order valence-corrected chi connectivity index (χ3v) is 5.36. The standard InChI is InChI=1S/C19H27N3O/c1-21(2)10-15-6-8-19(23-12-15)13-22(14-19)11-16-4-3-5-18-17(16)7-9-20-18/h3-5,7,9,15,20H,6,8,10-14H2,1-2H3/t15-/m0/s1. The highest BCUT2D eigenvalue weighted by Gasteiger charge is 2.46. The van der Waals surface area contributed by atoms with E-state index in [-0.39, 0.29) is 5.60 Å². The molecule has 3 heterocycles. The Hall–Kier alpha value is -1.36. The second-order valence-corrected chi connectivity index (χ2v) is 7.66. The summed E-state index contributed by atoms with van der Waals surface area (Å²) in [7, 11) is 4.30. The van der Waals surface area contributed by atoms with E-state index in [4.69, 9.17) is 4.74 Å². The summed E-state index contributed by atoms with van der Waals surface area (Å²) in [5.74, 6) is 0.707. The van der Waals surface area contributed by atoms with Gasteiger partial charge in [0.2, 0.25) is 0 Å². The zero-order valence-electron chi connectivity index (χ0n) is 14.2. The average Bonchev–Trinajstić information content (AvgIpc) is 2.96. The highest BCUT2D eigenvalue weighted by molar-refractivity contribution is 5.82. The predicted molar refractivity (Wildman–Crippen MR) is 93.5 cm³/mol. The van der Waals surface area contributed by atoms with Gasteiger partial charge in [-0.05, 0) is 50.6 Å². The van der Waals surface area contributed by atoms with Crippen molar-refractivity contribution in [1.29, 1.82) is 0 Å². The van der Waals surface area contributed by atoms with Gasteiger partial charge in [0.05, 0.1) is 12.2 Å². The fourth-order valence-corrected chi connectivity index (χ4v) is 4.24. The van der Waals surface area contributed by atoms with Crippen molar-refractivity contribution in [1.82, 2.24) is 14.8 Å². The molecule has 0 aliphatic carbocycles. The van der Waals surface area contributed by atoms with Crippen LogP contribution in [0.2, 0.25) is 0 Å². The molecule has 0 bridgehead atoms. The van der Waals surface area contributed by atoms with Crippen LogP contribution in [0.5, 0.6) is 0 Å². The minimum absolute atomic E-state index is 0.148. The molecule has 2 fully saturated rings. The number of nitrogens with one attached hydrogen (secondary N) is 1. The summed E-state index contributed by atoms with van der Waals surface area (Å²) in [6.07, 6.45) is 4.55. The van der Waals surface area contributed by atoms with E-state index in [1.165, 1.54) is 29.3 Å². The van der Waals surface area contributed by atoms with Crippen molar-refractivity contribution in [2.45, 2.75) is 25.0 Å². The number of hydrogen-bond acceptors (Lipinski definition) is 3. The first kappa shape index (κ1) is 15.2. The molecule has 0 unspecified atom stereocenters. The Balaban J connectivity index is 1.33. The molecule has 1 atom stereocenters. The summed E-state index contributed by atoms with van der Waals surface area (Å²) in [6, 6.07) is 8.72. The van der Waals surface area contributed by atoms with Crippen LogP contribution in [0.1, 0.15) is 18.4 Å². The first-order valence-electron chi connectivity index (χ1n) is 8.70. The van der Waals surface area contributed by atoms with E-state index in [9.17, 15) is 0 Å². The van der Waals surface area contributed by atoms with Crippen LogP contribution < -0.4 is 0 Å². The molecule has 1 aromatic carbocycles. The first-order chi connectivity index (χ1) is 11.1. The highest BCUT2D eigenvalue weighted by atomic mass is 16.5. The topological polar surface area (TPSA) is 31.5 Å². The van der Waals surface area contributed by atoms with Gasteiger partial charge in [0.15, 0.2) is 0 Å². The van der Waals surface area contributed by atoms with Crippen molar-refractivity contribution < 1.29 is 4.74 Å². The minimum Gasteiger partial charge on any atom is -0.372 e. The molecular formula is C19H27N3O. The normalized spacial score (nSPS) is 24.4. The monoisotopic (exact) mass is 313 g/mol. The van der Waals surface area contributed by atoms with E-state index >= 15 is 0 Å². The van der Waals surface area contributed by atoms with E-state index in [0.29, 0.717) is 5.92 Å². The molecule has 2 aliphatic rings. The van der Waals surface area contributed by atoms with E-state index in [1.807, 2.05) is 6.20 Å². The van der Waals surface area contributed by atoms with E-state index in [1.54, 1.807) is 0 Å². The van der Waals surface area contributed by atoms with Crippen molar-refractivity contribution in [3.05, 3.63) is 36.0 Å². The van der Waals surface area contributed by atoms with Crippen molar-refractivity contribution in [3.8, 4) is 0 Å². The van der Waals surface area contributed by atoms with Crippen LogP contribution >= 0.6 is 0 Å². The molecule has 2 aromatic rings. The first-order valence-corrected chi connectivity index (χ1v) is 8.70. The lowest BCUT2D eigenvalue weighted by molar-refractivity contribution is -0.182. The van der Waals surface area contributed by atoms with Crippen molar-refractivity contribution in [2.24, 2.45) is 5.92 Å². The van der Waals surface area contributed by atoms with Gasteiger partial charge in [0.25, 0.3) is 0 Å². The van der Waals surface area contributed by atoms with Gasteiger partial charge in [-0.1, -0.05) is 12.1 Å². The maximum Gasteiger partial charge on any atom is 0.0935 e. The Morgan fingerprint density at radius 3 is 2.91 bits per heavy atom. The maximum absolute atomic E-state index is 6.28. The Morgan fingerprint density at radius 1 is 1.30 bits per heavy atom. The smallest absolute Gasteiger partial charge is 0.0935 e. The number of fused-ring (bicyclic) bond motifs is 1. The molecule has 4 heteroatoms. The maximum atomic E-state index is 6.28. The van der Waals surface area contributed by atoms with Crippen LogP contribution in [0.3, 0.4) is 0 Å². The lowest BCUT2D eigenvalue weighted by Crippen LogP contribution is -2.64. The van der Waals surface area contributed by atoms with Crippen LogP contribution in [-0.2, 0) is 11.3 Å². The lowest BCUT2D eigenvalue weighted by Gasteiger charge is -2.53. The van der Waals surface area contributed by atoms with Crippen molar-refractivity contribution in [3.63, 3.8) is 0 Å². The number of ether oxygens (including phenoxy) is 1. The number of benzene rings is 1. The van der Waals surface area contributed by atoms with E-state index < -0.39 is 0 Å². The molecule has 1 N–H and O–H groups in total.